The molecule has 2 amide bonds. The minimum atomic E-state index is -5.65. The third kappa shape index (κ3) is 7.06. The SMILES string of the molecule is O=C(Cc1ccc(C(F)(F)P(=O)(O)O)cc1)NCCCCCC(=O)ON1C(=O)CCC1O. The number of carbonyl (C=O) groups excluding carboxylic acids is 3. The molecule has 1 heterocycles. The van der Waals surface area contributed by atoms with Gasteiger partial charge in [-0.2, -0.15) is 8.78 Å². The van der Waals surface area contributed by atoms with Crippen molar-refractivity contribution in [3.05, 3.63) is 35.4 Å². The molecule has 0 spiro atoms. The molecule has 1 fully saturated rings. The Balaban J connectivity index is 1.63. The highest BCUT2D eigenvalue weighted by Crippen LogP contribution is 2.59. The first-order valence-electron chi connectivity index (χ1n) is 9.92. The minimum absolute atomic E-state index is 0.0516. The van der Waals surface area contributed by atoms with E-state index in [0.29, 0.717) is 36.4 Å². The lowest BCUT2D eigenvalue weighted by molar-refractivity contribution is -0.220. The molecule has 2 rings (SSSR count). The van der Waals surface area contributed by atoms with Crippen molar-refractivity contribution in [1.29, 1.82) is 0 Å². The highest BCUT2D eigenvalue weighted by Gasteiger charge is 2.50. The highest BCUT2D eigenvalue weighted by molar-refractivity contribution is 7.52. The van der Waals surface area contributed by atoms with Crippen molar-refractivity contribution in [3.63, 3.8) is 0 Å². The molecule has 0 aliphatic carbocycles. The van der Waals surface area contributed by atoms with Crippen LogP contribution in [0.3, 0.4) is 0 Å². The van der Waals surface area contributed by atoms with Gasteiger partial charge in [0.15, 0.2) is 6.23 Å². The predicted octanol–water partition coefficient (Wildman–Crippen LogP) is 1.53. The molecule has 4 N–H and O–H groups in total. The second-order valence-electron chi connectivity index (χ2n) is 7.32. The zero-order chi connectivity index (χ0) is 23.9. The number of rotatable bonds is 11. The predicted molar refractivity (Wildman–Crippen MR) is 106 cm³/mol. The maximum absolute atomic E-state index is 13.6. The van der Waals surface area contributed by atoms with Crippen LogP contribution in [0.2, 0.25) is 0 Å². The maximum atomic E-state index is 13.6. The number of unbranched alkanes of at least 4 members (excludes halogenated alkanes) is 2. The molecule has 1 unspecified atom stereocenters. The largest absolute Gasteiger partial charge is 0.399 e. The fourth-order valence-corrected chi connectivity index (χ4v) is 3.44. The van der Waals surface area contributed by atoms with Crippen molar-refractivity contribution < 1.29 is 47.5 Å². The summed E-state index contributed by atoms with van der Waals surface area (Å²) in [7, 11) is -5.65. The number of benzene rings is 1. The number of carbonyl (C=O) groups is 3. The van der Waals surface area contributed by atoms with Crippen molar-refractivity contribution >= 4 is 25.4 Å². The number of nitrogens with zero attached hydrogens (tertiary/aromatic N) is 1. The number of hydrogen-bond donors (Lipinski definition) is 4. The molecule has 0 aromatic heterocycles. The molecule has 0 radical (unpaired) electrons. The summed E-state index contributed by atoms with van der Waals surface area (Å²) in [6, 6.07) is 4.14. The van der Waals surface area contributed by atoms with Crippen molar-refractivity contribution in [1.82, 2.24) is 10.4 Å². The van der Waals surface area contributed by atoms with Crippen LogP contribution in [0.1, 0.15) is 49.7 Å². The average Bonchev–Trinajstić information content (AvgIpc) is 3.02. The molecule has 1 aliphatic rings. The van der Waals surface area contributed by atoms with Crippen LogP contribution in [-0.4, -0.2) is 50.5 Å². The van der Waals surface area contributed by atoms with E-state index in [4.69, 9.17) is 14.6 Å². The van der Waals surface area contributed by atoms with Gasteiger partial charge in [0, 0.05) is 31.4 Å². The van der Waals surface area contributed by atoms with Gasteiger partial charge < -0.3 is 25.0 Å². The third-order valence-corrected chi connectivity index (χ3v) is 5.73. The Kier molecular flexibility index (Phi) is 8.85. The Labute approximate surface area is 182 Å². The number of alkyl halides is 2. The fraction of sp³-hybridized carbons (Fsp3) is 0.526. The molecule has 10 nitrogen and oxygen atoms in total. The standard InChI is InChI=1S/C19H25F2N2O8P/c20-19(21,32(28,29)30)14-7-5-13(6-8-14)12-15(24)22-11-3-1-2-4-18(27)31-23-16(25)9-10-17(23)26/h5-8,16,25H,1-4,9-12H2,(H,22,24)(H2,28,29,30). The molecule has 32 heavy (non-hydrogen) atoms. The van der Waals surface area contributed by atoms with E-state index in [1.54, 1.807) is 0 Å². The quantitative estimate of drug-likeness (QED) is 0.276. The zero-order valence-corrected chi connectivity index (χ0v) is 18.0. The Morgan fingerprint density at radius 3 is 2.41 bits per heavy atom. The normalized spacial score (nSPS) is 16.8. The van der Waals surface area contributed by atoms with Crippen LogP contribution in [0.15, 0.2) is 24.3 Å². The first kappa shape index (κ1) is 25.9. The van der Waals surface area contributed by atoms with Crippen LogP contribution in [0.5, 0.6) is 0 Å². The third-order valence-electron chi connectivity index (χ3n) is 4.74. The van der Waals surface area contributed by atoms with Crippen molar-refractivity contribution in [2.24, 2.45) is 0 Å². The monoisotopic (exact) mass is 478 g/mol. The first-order valence-corrected chi connectivity index (χ1v) is 11.5. The Morgan fingerprint density at radius 2 is 1.84 bits per heavy atom. The molecule has 1 aliphatic heterocycles. The lowest BCUT2D eigenvalue weighted by Crippen LogP contribution is -2.35. The molecule has 1 aromatic carbocycles. The number of nitrogens with one attached hydrogen (secondary N) is 1. The fourth-order valence-electron chi connectivity index (χ4n) is 2.95. The molecular weight excluding hydrogens is 453 g/mol. The number of halogens is 2. The maximum Gasteiger partial charge on any atom is 0.399 e. The molecule has 0 bridgehead atoms. The smallest absolute Gasteiger partial charge is 0.370 e. The average molecular weight is 478 g/mol. The number of hydroxylamine groups is 2. The summed E-state index contributed by atoms with van der Waals surface area (Å²) in [5.74, 6) is -1.43. The van der Waals surface area contributed by atoms with Crippen molar-refractivity contribution in [3.8, 4) is 0 Å². The lowest BCUT2D eigenvalue weighted by Gasteiger charge is -2.18. The van der Waals surface area contributed by atoms with Gasteiger partial charge in [0.05, 0.1) is 6.42 Å². The van der Waals surface area contributed by atoms with Crippen molar-refractivity contribution in [2.45, 2.75) is 56.8 Å². The topological polar surface area (TPSA) is 153 Å². The molecule has 13 heteroatoms. The lowest BCUT2D eigenvalue weighted by atomic mass is 10.1. The van der Waals surface area contributed by atoms with E-state index < -0.39 is 36.9 Å². The van der Waals surface area contributed by atoms with E-state index >= 15 is 0 Å². The van der Waals surface area contributed by atoms with Gasteiger partial charge in [-0.3, -0.25) is 14.2 Å². The summed E-state index contributed by atoms with van der Waals surface area (Å²) in [5.41, 5.74) is -4.74. The van der Waals surface area contributed by atoms with Gasteiger partial charge in [0.25, 0.3) is 5.91 Å². The first-order chi connectivity index (χ1) is 14.9. The van der Waals surface area contributed by atoms with Crippen LogP contribution in [0.4, 0.5) is 8.78 Å². The molecule has 178 valence electrons. The van der Waals surface area contributed by atoms with Crippen LogP contribution in [0, 0.1) is 0 Å². The number of hydrogen-bond acceptors (Lipinski definition) is 6. The van der Waals surface area contributed by atoms with Gasteiger partial charge in [-0.15, -0.1) is 5.06 Å². The van der Waals surface area contributed by atoms with Crippen LogP contribution >= 0.6 is 7.60 Å². The summed E-state index contributed by atoms with van der Waals surface area (Å²) in [6.45, 7) is 0.325. The van der Waals surface area contributed by atoms with Gasteiger partial charge in [0.2, 0.25) is 5.91 Å². The van der Waals surface area contributed by atoms with Crippen molar-refractivity contribution in [2.75, 3.05) is 6.54 Å². The van der Waals surface area contributed by atoms with Crippen LogP contribution in [-0.2, 0) is 35.9 Å². The van der Waals surface area contributed by atoms with E-state index in [2.05, 4.69) is 5.32 Å². The summed E-state index contributed by atoms with van der Waals surface area (Å²) in [5, 5.41) is 12.8. The van der Waals surface area contributed by atoms with E-state index in [1.807, 2.05) is 0 Å². The van der Waals surface area contributed by atoms with Crippen LogP contribution < -0.4 is 5.32 Å². The molecule has 0 saturated carbocycles. The summed E-state index contributed by atoms with van der Waals surface area (Å²) in [4.78, 5) is 57.3. The van der Waals surface area contributed by atoms with Gasteiger partial charge in [-0.25, -0.2) is 4.79 Å². The molecule has 1 aromatic rings. The summed E-state index contributed by atoms with van der Waals surface area (Å²) < 4.78 is 38.1. The number of amides is 2. The molecular formula is C19H25F2N2O8P. The summed E-state index contributed by atoms with van der Waals surface area (Å²) >= 11 is 0. The Bertz CT molecular complexity index is 875. The van der Waals surface area contributed by atoms with Gasteiger partial charge >= 0.3 is 19.2 Å². The van der Waals surface area contributed by atoms with E-state index in [0.717, 1.165) is 12.1 Å². The van der Waals surface area contributed by atoms with Crippen LogP contribution in [0.25, 0.3) is 0 Å². The van der Waals surface area contributed by atoms with E-state index in [9.17, 15) is 32.8 Å². The zero-order valence-electron chi connectivity index (χ0n) is 17.1. The van der Waals surface area contributed by atoms with Gasteiger partial charge in [-0.1, -0.05) is 30.7 Å². The van der Waals surface area contributed by atoms with E-state index in [-0.39, 0.29) is 31.6 Å². The van der Waals surface area contributed by atoms with E-state index in [1.165, 1.54) is 12.1 Å². The number of aliphatic hydroxyl groups excluding tert-OH is 1. The Hall–Kier alpha value is -2.40. The van der Waals surface area contributed by atoms with Gasteiger partial charge in [0.1, 0.15) is 0 Å². The second kappa shape index (κ2) is 11.0. The minimum Gasteiger partial charge on any atom is -0.370 e. The Morgan fingerprint density at radius 1 is 1.19 bits per heavy atom. The molecule has 1 atom stereocenters. The molecule has 1 saturated heterocycles. The second-order valence-corrected chi connectivity index (χ2v) is 8.97. The number of aliphatic hydroxyl groups is 1. The summed E-state index contributed by atoms with van der Waals surface area (Å²) in [6.07, 6.45) is 0.808. The van der Waals surface area contributed by atoms with Gasteiger partial charge in [-0.05, 0) is 18.4 Å². The highest BCUT2D eigenvalue weighted by atomic mass is 31.2.